The van der Waals surface area contributed by atoms with Crippen molar-refractivity contribution in [3.8, 4) is 11.8 Å². The van der Waals surface area contributed by atoms with Gasteiger partial charge in [0.25, 0.3) is 5.91 Å². The number of carbonyl (C=O) groups excluding carboxylic acids is 2. The molecular weight excluding hydrogens is 493 g/mol. The quantitative estimate of drug-likeness (QED) is 0.391. The maximum absolute atomic E-state index is 13.3. The highest BCUT2D eigenvalue weighted by atomic mass is 19.4. The molecule has 0 aliphatic rings. The Bertz CT molecular complexity index is 1470. The number of nitrogens with zero attached hydrogens (tertiary/aromatic N) is 1. The van der Waals surface area contributed by atoms with Gasteiger partial charge in [-0.15, -0.1) is 0 Å². The Morgan fingerprint density at radius 2 is 1.76 bits per heavy atom. The van der Waals surface area contributed by atoms with Crippen molar-refractivity contribution in [3.05, 3.63) is 69.7 Å². The minimum atomic E-state index is -4.54. The highest BCUT2D eigenvalue weighted by molar-refractivity contribution is 6.01. The molecular formula is C26H23F3N2O6. The molecule has 8 nitrogen and oxygen atoms in total. The molecule has 0 saturated heterocycles. The monoisotopic (exact) mass is 516 g/mol. The van der Waals surface area contributed by atoms with E-state index in [9.17, 15) is 32.7 Å². The first kappa shape index (κ1) is 27.4. The van der Waals surface area contributed by atoms with Crippen LogP contribution in [-0.4, -0.2) is 34.9 Å². The standard InChI is InChI=1S/C26H23F3N2O6/c1-15-20-13-18(9-10-19(20)21(32)37-31-15)30-22(33)25(35,14-24(2,3)23(34)36-4)12-11-16-5-7-17(8-6-16)26(27,28)29/h5-10,13,35H,14H2,1-4H3,(H,30,33). The van der Waals surface area contributed by atoms with E-state index in [1.165, 1.54) is 32.0 Å². The minimum absolute atomic E-state index is 0.106. The number of aliphatic hydroxyl groups is 1. The van der Waals surface area contributed by atoms with Crippen LogP contribution in [-0.2, 0) is 20.5 Å². The van der Waals surface area contributed by atoms with Crippen molar-refractivity contribution < 1.29 is 37.1 Å². The molecule has 1 atom stereocenters. The summed E-state index contributed by atoms with van der Waals surface area (Å²) in [4.78, 5) is 37.4. The zero-order valence-electron chi connectivity index (χ0n) is 20.3. The van der Waals surface area contributed by atoms with Crippen molar-refractivity contribution in [2.45, 2.75) is 39.0 Å². The van der Waals surface area contributed by atoms with Crippen molar-refractivity contribution in [2.75, 3.05) is 12.4 Å². The fourth-order valence-corrected chi connectivity index (χ4v) is 3.63. The number of esters is 1. The van der Waals surface area contributed by atoms with Crippen LogP contribution in [0.5, 0.6) is 0 Å². The van der Waals surface area contributed by atoms with Crippen LogP contribution in [0.15, 0.2) is 51.8 Å². The Morgan fingerprint density at radius 1 is 1.11 bits per heavy atom. The first-order valence-corrected chi connectivity index (χ1v) is 10.9. The van der Waals surface area contributed by atoms with Crippen LogP contribution < -0.4 is 10.9 Å². The molecule has 1 unspecified atom stereocenters. The van der Waals surface area contributed by atoms with Crippen molar-refractivity contribution >= 4 is 28.3 Å². The predicted molar refractivity (Wildman–Crippen MR) is 127 cm³/mol. The van der Waals surface area contributed by atoms with Crippen LogP contribution in [0.25, 0.3) is 10.8 Å². The molecule has 11 heteroatoms. The molecule has 0 aliphatic heterocycles. The van der Waals surface area contributed by atoms with Gasteiger partial charge in [0.15, 0.2) is 0 Å². The SMILES string of the molecule is COC(=O)C(C)(C)CC(O)(C#Cc1ccc(C(F)(F)F)cc1)C(=O)Nc1ccc2c(=O)onc(C)c2c1. The Kier molecular flexibility index (Phi) is 7.46. The van der Waals surface area contributed by atoms with E-state index in [1.54, 1.807) is 6.92 Å². The molecule has 0 aliphatic carbocycles. The fraction of sp³-hybridized carbons (Fsp3) is 0.308. The zero-order valence-corrected chi connectivity index (χ0v) is 20.3. The molecule has 37 heavy (non-hydrogen) atoms. The van der Waals surface area contributed by atoms with Gasteiger partial charge in [-0.25, -0.2) is 4.79 Å². The Morgan fingerprint density at radius 3 is 2.35 bits per heavy atom. The van der Waals surface area contributed by atoms with E-state index < -0.39 is 46.7 Å². The van der Waals surface area contributed by atoms with Crippen LogP contribution in [0, 0.1) is 24.2 Å². The third-order valence-corrected chi connectivity index (χ3v) is 5.59. The molecule has 1 aromatic heterocycles. The second-order valence-electron chi connectivity index (χ2n) is 9.01. The van der Waals surface area contributed by atoms with E-state index >= 15 is 0 Å². The van der Waals surface area contributed by atoms with Crippen LogP contribution in [0.2, 0.25) is 0 Å². The lowest BCUT2D eigenvalue weighted by Crippen LogP contribution is -2.47. The molecule has 0 saturated carbocycles. The number of aryl methyl sites for hydroxylation is 1. The van der Waals surface area contributed by atoms with Gasteiger partial charge in [0.05, 0.1) is 29.2 Å². The van der Waals surface area contributed by atoms with E-state index in [-0.39, 0.29) is 16.6 Å². The number of hydrogen-bond acceptors (Lipinski definition) is 7. The third kappa shape index (κ3) is 6.16. The molecule has 1 amide bonds. The second kappa shape index (κ2) is 10.1. The number of carbonyl (C=O) groups is 2. The number of alkyl halides is 3. The molecule has 194 valence electrons. The van der Waals surface area contributed by atoms with Gasteiger partial charge in [0.1, 0.15) is 0 Å². The van der Waals surface area contributed by atoms with E-state index in [0.29, 0.717) is 11.1 Å². The van der Waals surface area contributed by atoms with Gasteiger partial charge in [-0.3, -0.25) is 9.59 Å². The van der Waals surface area contributed by atoms with Crippen molar-refractivity contribution in [1.29, 1.82) is 0 Å². The molecule has 3 rings (SSSR count). The third-order valence-electron chi connectivity index (χ3n) is 5.59. The van der Waals surface area contributed by atoms with E-state index in [2.05, 4.69) is 26.8 Å². The topological polar surface area (TPSA) is 119 Å². The van der Waals surface area contributed by atoms with Crippen LogP contribution in [0.1, 0.15) is 37.1 Å². The number of benzene rings is 2. The van der Waals surface area contributed by atoms with E-state index in [0.717, 1.165) is 31.4 Å². The van der Waals surface area contributed by atoms with Gasteiger partial charge < -0.3 is 19.7 Å². The number of hydrogen-bond donors (Lipinski definition) is 2. The van der Waals surface area contributed by atoms with Gasteiger partial charge in [-0.05, 0) is 63.2 Å². The van der Waals surface area contributed by atoms with Crippen LogP contribution in [0.4, 0.5) is 18.9 Å². The molecule has 2 N–H and O–H groups in total. The van der Waals surface area contributed by atoms with Gasteiger partial charge in [-0.1, -0.05) is 17.0 Å². The Hall–Kier alpha value is -4.17. The van der Waals surface area contributed by atoms with E-state index in [4.69, 9.17) is 4.74 Å². The normalized spacial score (nSPS) is 13.3. The first-order chi connectivity index (χ1) is 17.2. The summed E-state index contributed by atoms with van der Waals surface area (Å²) in [6, 6.07) is 8.13. The number of anilines is 1. The van der Waals surface area contributed by atoms with Crippen LogP contribution >= 0.6 is 0 Å². The van der Waals surface area contributed by atoms with Gasteiger partial charge in [0, 0.05) is 23.1 Å². The summed E-state index contributed by atoms with van der Waals surface area (Å²) in [5.41, 5.74) is -4.69. The minimum Gasteiger partial charge on any atom is -0.469 e. The van der Waals surface area contributed by atoms with Gasteiger partial charge in [0.2, 0.25) is 5.60 Å². The largest absolute Gasteiger partial charge is 0.469 e. The number of amides is 1. The summed E-state index contributed by atoms with van der Waals surface area (Å²) in [5.74, 6) is 3.21. The average Bonchev–Trinajstić information content (AvgIpc) is 2.84. The Labute approximate surface area is 209 Å². The lowest BCUT2D eigenvalue weighted by atomic mass is 9.79. The van der Waals surface area contributed by atoms with E-state index in [1.807, 2.05) is 0 Å². The van der Waals surface area contributed by atoms with Crippen molar-refractivity contribution in [2.24, 2.45) is 5.41 Å². The lowest BCUT2D eigenvalue weighted by Gasteiger charge is -2.30. The number of ether oxygens (including phenoxy) is 1. The second-order valence-corrected chi connectivity index (χ2v) is 9.01. The van der Waals surface area contributed by atoms with Crippen molar-refractivity contribution in [3.63, 3.8) is 0 Å². The molecule has 0 radical (unpaired) electrons. The van der Waals surface area contributed by atoms with Crippen molar-refractivity contribution in [1.82, 2.24) is 5.16 Å². The number of methoxy groups -OCH3 is 1. The number of fused-ring (bicyclic) bond motifs is 1. The fourth-order valence-electron chi connectivity index (χ4n) is 3.63. The summed E-state index contributed by atoms with van der Waals surface area (Å²) in [6.45, 7) is 4.49. The van der Waals surface area contributed by atoms with Gasteiger partial charge in [-0.2, -0.15) is 13.2 Å². The first-order valence-electron chi connectivity index (χ1n) is 10.9. The smallest absolute Gasteiger partial charge is 0.416 e. The summed E-state index contributed by atoms with van der Waals surface area (Å²) in [5, 5.41) is 18.1. The molecule has 0 bridgehead atoms. The molecule has 0 fully saturated rings. The predicted octanol–water partition coefficient (Wildman–Crippen LogP) is 3.83. The molecule has 1 heterocycles. The maximum atomic E-state index is 13.3. The highest BCUT2D eigenvalue weighted by Crippen LogP contribution is 2.32. The summed E-state index contributed by atoms with van der Waals surface area (Å²) >= 11 is 0. The molecule has 3 aromatic rings. The van der Waals surface area contributed by atoms with Crippen LogP contribution in [0.3, 0.4) is 0 Å². The number of halogens is 3. The summed E-state index contributed by atoms with van der Waals surface area (Å²) in [7, 11) is 1.15. The van der Waals surface area contributed by atoms with Gasteiger partial charge >= 0.3 is 17.8 Å². The number of aromatic nitrogens is 1. The summed E-state index contributed by atoms with van der Waals surface area (Å²) < 4.78 is 48.0. The number of nitrogens with one attached hydrogen (secondary N) is 1. The highest BCUT2D eigenvalue weighted by Gasteiger charge is 2.44. The lowest BCUT2D eigenvalue weighted by molar-refractivity contribution is -0.154. The Balaban J connectivity index is 1.99. The maximum Gasteiger partial charge on any atom is 0.416 e. The molecule has 0 spiro atoms. The summed E-state index contributed by atoms with van der Waals surface area (Å²) in [6.07, 6.45) is -5.03. The zero-order chi connectivity index (χ0) is 27.6. The molecule has 2 aromatic carbocycles. The average molecular weight is 516 g/mol. The number of rotatable bonds is 5.